The minimum absolute atomic E-state index is 0.263. The Labute approximate surface area is 145 Å². The SMILES string of the molecule is CN(C)c1ccnc(NC2CCCN(c3ncnc4nc[nH]c34)C2)n1. The summed E-state index contributed by atoms with van der Waals surface area (Å²) in [6.07, 6.45) is 7.15. The predicted molar refractivity (Wildman–Crippen MR) is 96.9 cm³/mol. The van der Waals surface area contributed by atoms with Crippen molar-refractivity contribution >= 4 is 28.7 Å². The third kappa shape index (κ3) is 3.17. The second-order valence-corrected chi connectivity index (χ2v) is 6.36. The zero-order chi connectivity index (χ0) is 17.2. The van der Waals surface area contributed by atoms with E-state index in [0.29, 0.717) is 11.6 Å². The van der Waals surface area contributed by atoms with Gasteiger partial charge in [0.2, 0.25) is 5.95 Å². The fourth-order valence-corrected chi connectivity index (χ4v) is 3.13. The van der Waals surface area contributed by atoms with Gasteiger partial charge in [0.05, 0.1) is 6.33 Å². The summed E-state index contributed by atoms with van der Waals surface area (Å²) in [5, 5.41) is 3.46. The number of nitrogens with zero attached hydrogens (tertiary/aromatic N) is 7. The lowest BCUT2D eigenvalue weighted by Crippen LogP contribution is -2.43. The lowest BCUT2D eigenvalue weighted by Gasteiger charge is -2.34. The molecule has 0 bridgehead atoms. The van der Waals surface area contributed by atoms with E-state index in [9.17, 15) is 0 Å². The molecule has 4 rings (SSSR count). The number of piperidine rings is 1. The van der Waals surface area contributed by atoms with E-state index in [1.54, 1.807) is 18.9 Å². The number of rotatable bonds is 4. The number of imidazole rings is 1. The monoisotopic (exact) mass is 339 g/mol. The van der Waals surface area contributed by atoms with Crippen molar-refractivity contribution in [3.8, 4) is 0 Å². The number of fused-ring (bicyclic) bond motifs is 1. The van der Waals surface area contributed by atoms with Crippen LogP contribution < -0.4 is 15.1 Å². The number of aromatic nitrogens is 6. The van der Waals surface area contributed by atoms with Gasteiger partial charge in [-0.3, -0.25) is 0 Å². The molecule has 130 valence electrons. The standard InChI is InChI=1S/C16H21N9/c1-24(2)12-5-6-17-16(23-12)22-11-4-3-7-25(8-11)15-13-14(19-9-18-13)20-10-21-15/h5-6,9-11H,3-4,7-8H2,1-2H3,(H,17,22,23)(H,18,19,20,21). The number of hydrogen-bond donors (Lipinski definition) is 2. The van der Waals surface area contributed by atoms with Gasteiger partial charge in [0.25, 0.3) is 0 Å². The van der Waals surface area contributed by atoms with Crippen LogP contribution in [0.4, 0.5) is 17.6 Å². The van der Waals surface area contributed by atoms with Gasteiger partial charge >= 0.3 is 0 Å². The number of hydrogen-bond acceptors (Lipinski definition) is 8. The van der Waals surface area contributed by atoms with E-state index in [1.165, 1.54) is 0 Å². The maximum atomic E-state index is 4.55. The van der Waals surface area contributed by atoms with Crippen LogP contribution in [0.1, 0.15) is 12.8 Å². The lowest BCUT2D eigenvalue weighted by atomic mass is 10.1. The normalized spacial score (nSPS) is 17.7. The molecule has 1 unspecified atom stereocenters. The molecule has 1 aliphatic rings. The Morgan fingerprint density at radius 2 is 2.16 bits per heavy atom. The number of anilines is 3. The topological polar surface area (TPSA) is 98.8 Å². The molecule has 0 aliphatic carbocycles. The third-order valence-electron chi connectivity index (χ3n) is 4.36. The molecule has 1 fully saturated rings. The minimum Gasteiger partial charge on any atom is -0.363 e. The Hall–Kier alpha value is -2.97. The molecular weight excluding hydrogens is 318 g/mol. The highest BCUT2D eigenvalue weighted by molar-refractivity contribution is 5.82. The Bertz CT molecular complexity index is 859. The van der Waals surface area contributed by atoms with E-state index in [1.807, 2.05) is 25.1 Å². The van der Waals surface area contributed by atoms with Crippen LogP contribution in [0.5, 0.6) is 0 Å². The zero-order valence-corrected chi connectivity index (χ0v) is 14.3. The summed E-state index contributed by atoms with van der Waals surface area (Å²) < 4.78 is 0. The van der Waals surface area contributed by atoms with Crippen molar-refractivity contribution in [1.82, 2.24) is 29.9 Å². The van der Waals surface area contributed by atoms with Gasteiger partial charge in [-0.05, 0) is 18.9 Å². The van der Waals surface area contributed by atoms with Gasteiger partial charge < -0.3 is 20.1 Å². The summed E-state index contributed by atoms with van der Waals surface area (Å²) in [5.74, 6) is 2.45. The van der Waals surface area contributed by atoms with Gasteiger partial charge in [-0.15, -0.1) is 0 Å². The van der Waals surface area contributed by atoms with Crippen LogP contribution in [0, 0.1) is 0 Å². The maximum Gasteiger partial charge on any atom is 0.224 e. The van der Waals surface area contributed by atoms with Crippen LogP contribution >= 0.6 is 0 Å². The minimum atomic E-state index is 0.263. The molecule has 1 aliphatic heterocycles. The molecule has 1 saturated heterocycles. The Morgan fingerprint density at radius 3 is 3.04 bits per heavy atom. The summed E-state index contributed by atoms with van der Waals surface area (Å²) in [6, 6.07) is 2.16. The molecule has 9 heteroatoms. The van der Waals surface area contributed by atoms with E-state index in [-0.39, 0.29) is 6.04 Å². The second-order valence-electron chi connectivity index (χ2n) is 6.36. The number of H-pyrrole nitrogens is 1. The van der Waals surface area contributed by atoms with Crippen LogP contribution in [0.15, 0.2) is 24.9 Å². The molecule has 25 heavy (non-hydrogen) atoms. The second kappa shape index (κ2) is 6.50. The third-order valence-corrected chi connectivity index (χ3v) is 4.36. The highest BCUT2D eigenvalue weighted by atomic mass is 15.3. The molecule has 0 radical (unpaired) electrons. The van der Waals surface area contributed by atoms with Gasteiger partial charge in [0.1, 0.15) is 17.7 Å². The fourth-order valence-electron chi connectivity index (χ4n) is 3.13. The highest BCUT2D eigenvalue weighted by Gasteiger charge is 2.23. The van der Waals surface area contributed by atoms with Crippen molar-refractivity contribution in [2.75, 3.05) is 42.3 Å². The summed E-state index contributed by atoms with van der Waals surface area (Å²) in [6.45, 7) is 1.79. The molecule has 4 heterocycles. The predicted octanol–water partition coefficient (Wildman–Crippen LogP) is 1.29. The Morgan fingerprint density at radius 1 is 1.24 bits per heavy atom. The molecular formula is C16H21N9. The summed E-state index contributed by atoms with van der Waals surface area (Å²) >= 11 is 0. The number of nitrogens with one attached hydrogen (secondary N) is 2. The molecule has 1 atom stereocenters. The summed E-state index contributed by atoms with van der Waals surface area (Å²) in [5.41, 5.74) is 1.58. The highest BCUT2D eigenvalue weighted by Crippen LogP contribution is 2.24. The first-order valence-corrected chi connectivity index (χ1v) is 8.36. The van der Waals surface area contributed by atoms with Gasteiger partial charge in [-0.25, -0.2) is 19.9 Å². The molecule has 9 nitrogen and oxygen atoms in total. The molecule has 0 spiro atoms. The average molecular weight is 339 g/mol. The zero-order valence-electron chi connectivity index (χ0n) is 14.3. The first-order chi connectivity index (χ1) is 12.2. The first-order valence-electron chi connectivity index (χ1n) is 8.36. The van der Waals surface area contributed by atoms with Crippen LogP contribution in [0.3, 0.4) is 0 Å². The van der Waals surface area contributed by atoms with Crippen LogP contribution in [-0.2, 0) is 0 Å². The van der Waals surface area contributed by atoms with Crippen molar-refractivity contribution in [2.45, 2.75) is 18.9 Å². The van der Waals surface area contributed by atoms with Crippen molar-refractivity contribution in [3.63, 3.8) is 0 Å². The largest absolute Gasteiger partial charge is 0.363 e. The Kier molecular flexibility index (Phi) is 4.04. The van der Waals surface area contributed by atoms with E-state index < -0.39 is 0 Å². The van der Waals surface area contributed by atoms with Crippen molar-refractivity contribution in [1.29, 1.82) is 0 Å². The average Bonchev–Trinajstić information content (AvgIpc) is 3.11. The van der Waals surface area contributed by atoms with E-state index >= 15 is 0 Å². The molecule has 0 aromatic carbocycles. The van der Waals surface area contributed by atoms with Crippen LogP contribution in [0.25, 0.3) is 11.2 Å². The van der Waals surface area contributed by atoms with Gasteiger partial charge in [-0.2, -0.15) is 4.98 Å². The van der Waals surface area contributed by atoms with Gasteiger partial charge in [0.15, 0.2) is 11.5 Å². The molecule has 2 N–H and O–H groups in total. The molecule has 0 amide bonds. The molecule has 0 saturated carbocycles. The Balaban J connectivity index is 1.51. The summed E-state index contributed by atoms with van der Waals surface area (Å²) in [7, 11) is 3.94. The van der Waals surface area contributed by atoms with Crippen LogP contribution in [-0.4, -0.2) is 63.1 Å². The van der Waals surface area contributed by atoms with Crippen LogP contribution in [0.2, 0.25) is 0 Å². The molecule has 3 aromatic rings. The van der Waals surface area contributed by atoms with E-state index in [0.717, 1.165) is 43.1 Å². The molecule has 3 aromatic heterocycles. The van der Waals surface area contributed by atoms with Gasteiger partial charge in [0, 0.05) is 39.4 Å². The van der Waals surface area contributed by atoms with E-state index in [2.05, 4.69) is 40.1 Å². The smallest absolute Gasteiger partial charge is 0.224 e. The fraction of sp³-hybridized carbons (Fsp3) is 0.438. The van der Waals surface area contributed by atoms with Crippen molar-refractivity contribution in [2.24, 2.45) is 0 Å². The first kappa shape index (κ1) is 15.6. The summed E-state index contributed by atoms with van der Waals surface area (Å²) in [4.78, 5) is 29.1. The maximum absolute atomic E-state index is 4.55. The lowest BCUT2D eigenvalue weighted by molar-refractivity contribution is 0.525. The van der Waals surface area contributed by atoms with E-state index in [4.69, 9.17) is 0 Å². The number of aromatic amines is 1. The van der Waals surface area contributed by atoms with Gasteiger partial charge in [-0.1, -0.05) is 0 Å². The van der Waals surface area contributed by atoms with Crippen molar-refractivity contribution < 1.29 is 0 Å². The van der Waals surface area contributed by atoms with Crippen molar-refractivity contribution in [3.05, 3.63) is 24.9 Å². The quantitative estimate of drug-likeness (QED) is 0.734.